The number of aromatic nitrogens is 1. The van der Waals surface area contributed by atoms with E-state index in [9.17, 15) is 9.59 Å². The molecule has 1 aliphatic heterocycles. The van der Waals surface area contributed by atoms with Crippen LogP contribution in [0.1, 0.15) is 62.5 Å². The molecular formula is C25H33N3O3. The number of hydrogen-bond acceptors (Lipinski definition) is 4. The molecule has 0 radical (unpaired) electrons. The summed E-state index contributed by atoms with van der Waals surface area (Å²) in [5.41, 5.74) is 1.82. The molecule has 0 spiro atoms. The van der Waals surface area contributed by atoms with Crippen LogP contribution in [-0.4, -0.2) is 47.4 Å². The number of rotatable bonds is 7. The van der Waals surface area contributed by atoms with E-state index in [1.165, 1.54) is 5.56 Å². The first-order valence-electron chi connectivity index (χ1n) is 11.1. The van der Waals surface area contributed by atoms with Crippen molar-refractivity contribution in [3.05, 3.63) is 59.9 Å². The van der Waals surface area contributed by atoms with Crippen LogP contribution in [0, 0.1) is 0 Å². The molecule has 166 valence electrons. The van der Waals surface area contributed by atoms with E-state index in [4.69, 9.17) is 4.74 Å². The summed E-state index contributed by atoms with van der Waals surface area (Å²) < 4.78 is 5.79. The van der Waals surface area contributed by atoms with Gasteiger partial charge in [-0.05, 0) is 54.5 Å². The summed E-state index contributed by atoms with van der Waals surface area (Å²) in [6.07, 6.45) is 4.31. The van der Waals surface area contributed by atoms with Crippen molar-refractivity contribution in [2.24, 2.45) is 0 Å². The van der Waals surface area contributed by atoms with Crippen LogP contribution in [0.15, 0.2) is 48.7 Å². The van der Waals surface area contributed by atoms with Crippen LogP contribution in [0.25, 0.3) is 0 Å². The molecule has 2 aromatic rings. The molecule has 1 fully saturated rings. The Bertz CT molecular complexity index is 852. The Hall–Kier alpha value is -2.89. The molecule has 1 aromatic carbocycles. The van der Waals surface area contributed by atoms with Gasteiger partial charge in [-0.15, -0.1) is 0 Å². The van der Waals surface area contributed by atoms with Gasteiger partial charge in [-0.1, -0.05) is 39.0 Å². The number of piperidine rings is 1. The highest BCUT2D eigenvalue weighted by molar-refractivity contribution is 5.92. The molecule has 1 aromatic heterocycles. The quantitative estimate of drug-likeness (QED) is 0.685. The van der Waals surface area contributed by atoms with Crippen molar-refractivity contribution >= 4 is 11.8 Å². The molecule has 2 heterocycles. The van der Waals surface area contributed by atoms with Gasteiger partial charge in [0.2, 0.25) is 5.91 Å². The maximum atomic E-state index is 12.5. The molecule has 6 heteroatoms. The maximum absolute atomic E-state index is 12.5. The SMILES string of the molecule is CC(C)(C)c1ccc(OCCCC(=O)N2CCC(NC(=O)c3ccccn3)CC2)cc1. The van der Waals surface area contributed by atoms with E-state index in [2.05, 4.69) is 43.2 Å². The van der Waals surface area contributed by atoms with Crippen molar-refractivity contribution in [1.29, 1.82) is 0 Å². The Morgan fingerprint density at radius 1 is 1.10 bits per heavy atom. The van der Waals surface area contributed by atoms with Crippen LogP contribution in [0.3, 0.4) is 0 Å². The number of carbonyl (C=O) groups excluding carboxylic acids is 2. The minimum Gasteiger partial charge on any atom is -0.494 e. The summed E-state index contributed by atoms with van der Waals surface area (Å²) in [7, 11) is 0. The van der Waals surface area contributed by atoms with E-state index >= 15 is 0 Å². The van der Waals surface area contributed by atoms with Gasteiger partial charge in [0.05, 0.1) is 6.61 Å². The standard InChI is InChI=1S/C25H33N3O3/c1-25(2,3)19-9-11-21(12-10-19)31-18-6-8-23(29)28-16-13-20(14-17-28)27-24(30)22-7-4-5-15-26-22/h4-5,7,9-12,15,20H,6,8,13-14,16-18H2,1-3H3,(H,27,30). The van der Waals surface area contributed by atoms with Gasteiger partial charge in [-0.25, -0.2) is 0 Å². The zero-order valence-corrected chi connectivity index (χ0v) is 18.8. The molecule has 0 atom stereocenters. The fourth-order valence-corrected chi connectivity index (χ4v) is 3.65. The maximum Gasteiger partial charge on any atom is 0.270 e. The Labute approximate surface area is 185 Å². The van der Waals surface area contributed by atoms with Gasteiger partial charge < -0.3 is 15.0 Å². The average Bonchev–Trinajstić information content (AvgIpc) is 2.77. The predicted octanol–water partition coefficient (Wildman–Crippen LogP) is 3.96. The second-order valence-corrected chi connectivity index (χ2v) is 9.07. The number of benzene rings is 1. The lowest BCUT2D eigenvalue weighted by Gasteiger charge is -2.32. The Morgan fingerprint density at radius 3 is 2.42 bits per heavy atom. The van der Waals surface area contributed by atoms with Gasteiger partial charge in [0, 0.05) is 31.7 Å². The molecule has 0 saturated carbocycles. The van der Waals surface area contributed by atoms with Crippen LogP contribution in [0.4, 0.5) is 0 Å². The van der Waals surface area contributed by atoms with E-state index in [1.807, 2.05) is 17.0 Å². The highest BCUT2D eigenvalue weighted by Crippen LogP contribution is 2.24. The number of pyridine rings is 1. The topological polar surface area (TPSA) is 71.5 Å². The van der Waals surface area contributed by atoms with E-state index in [1.54, 1.807) is 24.4 Å². The summed E-state index contributed by atoms with van der Waals surface area (Å²) in [5, 5.41) is 3.02. The summed E-state index contributed by atoms with van der Waals surface area (Å²) in [4.78, 5) is 30.7. The lowest BCUT2D eigenvalue weighted by Crippen LogP contribution is -2.46. The van der Waals surface area contributed by atoms with Gasteiger partial charge >= 0.3 is 0 Å². The molecule has 31 heavy (non-hydrogen) atoms. The van der Waals surface area contributed by atoms with Crippen molar-refractivity contribution in [2.75, 3.05) is 19.7 Å². The second kappa shape index (κ2) is 10.4. The third-order valence-electron chi connectivity index (χ3n) is 5.60. The first-order chi connectivity index (χ1) is 14.8. The van der Waals surface area contributed by atoms with Gasteiger partial charge in [0.15, 0.2) is 0 Å². The van der Waals surface area contributed by atoms with E-state index in [0.29, 0.717) is 38.2 Å². The first-order valence-corrected chi connectivity index (χ1v) is 11.1. The molecular weight excluding hydrogens is 390 g/mol. The zero-order valence-electron chi connectivity index (χ0n) is 18.8. The Morgan fingerprint density at radius 2 is 1.81 bits per heavy atom. The zero-order chi connectivity index (χ0) is 22.3. The summed E-state index contributed by atoms with van der Waals surface area (Å²) in [5.74, 6) is 0.837. The monoisotopic (exact) mass is 423 g/mol. The molecule has 1 aliphatic rings. The fourth-order valence-electron chi connectivity index (χ4n) is 3.65. The molecule has 0 bridgehead atoms. The minimum atomic E-state index is -0.155. The van der Waals surface area contributed by atoms with Crippen LogP contribution in [0.2, 0.25) is 0 Å². The molecule has 1 N–H and O–H groups in total. The van der Waals surface area contributed by atoms with Crippen LogP contribution in [0.5, 0.6) is 5.75 Å². The van der Waals surface area contributed by atoms with Gasteiger partial charge in [-0.2, -0.15) is 0 Å². The number of amides is 2. The molecule has 0 aliphatic carbocycles. The van der Waals surface area contributed by atoms with Crippen molar-refractivity contribution in [1.82, 2.24) is 15.2 Å². The number of carbonyl (C=O) groups is 2. The largest absolute Gasteiger partial charge is 0.494 e. The Kier molecular flexibility index (Phi) is 7.66. The summed E-state index contributed by atoms with van der Waals surface area (Å²) in [6, 6.07) is 13.5. The fraction of sp³-hybridized carbons (Fsp3) is 0.480. The van der Waals surface area contributed by atoms with Crippen LogP contribution >= 0.6 is 0 Å². The Balaban J connectivity index is 1.33. The summed E-state index contributed by atoms with van der Waals surface area (Å²) >= 11 is 0. The molecule has 1 saturated heterocycles. The van der Waals surface area contributed by atoms with Crippen molar-refractivity contribution in [2.45, 2.75) is 57.9 Å². The highest BCUT2D eigenvalue weighted by Gasteiger charge is 2.24. The van der Waals surface area contributed by atoms with Crippen molar-refractivity contribution < 1.29 is 14.3 Å². The number of nitrogens with zero attached hydrogens (tertiary/aromatic N) is 2. The number of hydrogen-bond donors (Lipinski definition) is 1. The number of likely N-dealkylation sites (tertiary alicyclic amines) is 1. The van der Waals surface area contributed by atoms with E-state index < -0.39 is 0 Å². The van der Waals surface area contributed by atoms with Gasteiger partial charge in [0.25, 0.3) is 5.91 Å². The number of nitrogens with one attached hydrogen (secondary N) is 1. The van der Waals surface area contributed by atoms with E-state index in [0.717, 1.165) is 18.6 Å². The lowest BCUT2D eigenvalue weighted by molar-refractivity contribution is -0.132. The van der Waals surface area contributed by atoms with Crippen LogP contribution < -0.4 is 10.1 Å². The number of ether oxygens (including phenoxy) is 1. The van der Waals surface area contributed by atoms with E-state index in [-0.39, 0.29) is 23.3 Å². The van der Waals surface area contributed by atoms with Gasteiger partial charge in [0.1, 0.15) is 11.4 Å². The minimum absolute atomic E-state index is 0.0814. The third-order valence-corrected chi connectivity index (χ3v) is 5.60. The molecule has 6 nitrogen and oxygen atoms in total. The van der Waals surface area contributed by atoms with Crippen molar-refractivity contribution in [3.8, 4) is 5.75 Å². The molecule has 0 unspecified atom stereocenters. The smallest absolute Gasteiger partial charge is 0.270 e. The third kappa shape index (κ3) is 6.81. The average molecular weight is 424 g/mol. The lowest BCUT2D eigenvalue weighted by atomic mass is 9.87. The van der Waals surface area contributed by atoms with Gasteiger partial charge in [-0.3, -0.25) is 14.6 Å². The second-order valence-electron chi connectivity index (χ2n) is 9.07. The predicted molar refractivity (Wildman–Crippen MR) is 121 cm³/mol. The normalized spacial score (nSPS) is 14.9. The molecule has 3 rings (SSSR count). The first kappa shape index (κ1) is 22.8. The van der Waals surface area contributed by atoms with Crippen molar-refractivity contribution in [3.63, 3.8) is 0 Å². The molecule has 2 amide bonds. The van der Waals surface area contributed by atoms with Crippen LogP contribution in [-0.2, 0) is 10.2 Å². The summed E-state index contributed by atoms with van der Waals surface area (Å²) in [6.45, 7) is 8.42. The highest BCUT2D eigenvalue weighted by atomic mass is 16.5.